The molecule has 11 heteroatoms. The van der Waals surface area contributed by atoms with Gasteiger partial charge in [0.1, 0.15) is 9.96 Å². The number of ether oxygens (including phenoxy) is 1. The molecule has 0 radical (unpaired) electrons. The van der Waals surface area contributed by atoms with E-state index in [0.717, 1.165) is 54.5 Å². The Hall–Kier alpha value is -2.66. The van der Waals surface area contributed by atoms with Gasteiger partial charge in [0.25, 0.3) is 0 Å². The first kappa shape index (κ1) is 26.0. The minimum atomic E-state index is -3.99. The number of aliphatic carboxylic acids is 1. The maximum atomic E-state index is 13.2. The van der Waals surface area contributed by atoms with E-state index in [4.69, 9.17) is 9.84 Å². The number of sulfone groups is 1. The minimum absolute atomic E-state index is 0.0917. The van der Waals surface area contributed by atoms with Crippen LogP contribution in [0.15, 0.2) is 34.7 Å². The van der Waals surface area contributed by atoms with Crippen molar-refractivity contribution in [1.29, 1.82) is 0 Å². The predicted octanol–water partition coefficient (Wildman–Crippen LogP) is 4.06. The number of carboxylic acids is 1. The van der Waals surface area contributed by atoms with Gasteiger partial charge < -0.3 is 14.7 Å². The zero-order valence-electron chi connectivity index (χ0n) is 19.4. The maximum Gasteiger partial charge on any atom is 0.323 e. The number of urea groups is 1. The van der Waals surface area contributed by atoms with E-state index < -0.39 is 21.6 Å². The SMILES string of the molecule is CCOc1ccc(CCN(C(=O)Nc2ncc(S(=O)(=O)CC(=O)O)s2)[C@H]2CC[C@H](C)CC2)cc1. The number of nitrogens with zero attached hydrogens (tertiary/aromatic N) is 2. The molecule has 1 heterocycles. The first-order valence-corrected chi connectivity index (χ1v) is 13.8. The molecule has 1 aliphatic carbocycles. The molecule has 0 bridgehead atoms. The summed E-state index contributed by atoms with van der Waals surface area (Å²) in [7, 11) is -3.99. The Morgan fingerprint density at radius 2 is 1.88 bits per heavy atom. The van der Waals surface area contributed by atoms with Crippen molar-refractivity contribution in [2.45, 2.75) is 56.2 Å². The second kappa shape index (κ2) is 11.7. The average molecular weight is 510 g/mol. The van der Waals surface area contributed by atoms with E-state index in [1.165, 1.54) is 0 Å². The summed E-state index contributed by atoms with van der Waals surface area (Å²) in [6.07, 6.45) is 5.67. The monoisotopic (exact) mass is 509 g/mol. The number of carbonyl (C=O) groups excluding carboxylic acids is 1. The van der Waals surface area contributed by atoms with Gasteiger partial charge in [0, 0.05) is 12.6 Å². The van der Waals surface area contributed by atoms with Crippen LogP contribution >= 0.6 is 11.3 Å². The zero-order valence-corrected chi connectivity index (χ0v) is 21.0. The highest BCUT2D eigenvalue weighted by molar-refractivity contribution is 7.94. The van der Waals surface area contributed by atoms with Crippen molar-refractivity contribution in [3.05, 3.63) is 36.0 Å². The Morgan fingerprint density at radius 3 is 2.50 bits per heavy atom. The van der Waals surface area contributed by atoms with Crippen molar-refractivity contribution in [2.24, 2.45) is 5.92 Å². The number of hydrogen-bond acceptors (Lipinski definition) is 7. The van der Waals surface area contributed by atoms with Gasteiger partial charge in [-0.05, 0) is 62.6 Å². The molecule has 0 unspecified atom stereocenters. The summed E-state index contributed by atoms with van der Waals surface area (Å²) in [6, 6.07) is 7.58. The van der Waals surface area contributed by atoms with Crippen LogP contribution in [0.1, 0.15) is 45.1 Å². The lowest BCUT2D eigenvalue weighted by Gasteiger charge is -2.36. The van der Waals surface area contributed by atoms with Gasteiger partial charge in [-0.2, -0.15) is 0 Å². The molecule has 2 amide bonds. The third-order valence-corrected chi connectivity index (χ3v) is 8.95. The lowest BCUT2D eigenvalue weighted by Crippen LogP contribution is -2.45. The molecule has 0 aliphatic heterocycles. The van der Waals surface area contributed by atoms with Crippen LogP contribution in [0.2, 0.25) is 0 Å². The van der Waals surface area contributed by atoms with Gasteiger partial charge in [0.15, 0.2) is 20.7 Å². The number of anilines is 1. The molecule has 0 saturated heterocycles. The van der Waals surface area contributed by atoms with Crippen LogP contribution in [0.25, 0.3) is 0 Å². The van der Waals surface area contributed by atoms with Gasteiger partial charge in [0.2, 0.25) is 0 Å². The van der Waals surface area contributed by atoms with Crippen LogP contribution < -0.4 is 10.1 Å². The molecule has 1 fully saturated rings. The molecule has 1 aromatic carbocycles. The van der Waals surface area contributed by atoms with Crippen molar-refractivity contribution in [2.75, 3.05) is 24.2 Å². The largest absolute Gasteiger partial charge is 0.494 e. The van der Waals surface area contributed by atoms with Crippen molar-refractivity contribution in [3.63, 3.8) is 0 Å². The highest BCUT2D eigenvalue weighted by Gasteiger charge is 2.29. The van der Waals surface area contributed by atoms with E-state index >= 15 is 0 Å². The highest BCUT2D eigenvalue weighted by atomic mass is 32.2. The Morgan fingerprint density at radius 1 is 1.21 bits per heavy atom. The highest BCUT2D eigenvalue weighted by Crippen LogP contribution is 2.29. The van der Waals surface area contributed by atoms with E-state index in [1.807, 2.05) is 36.1 Å². The Balaban J connectivity index is 1.70. The van der Waals surface area contributed by atoms with Gasteiger partial charge in [-0.1, -0.05) is 30.4 Å². The normalized spacial score (nSPS) is 18.3. The molecule has 0 spiro atoms. The summed E-state index contributed by atoms with van der Waals surface area (Å²) in [4.78, 5) is 29.8. The quantitative estimate of drug-likeness (QED) is 0.495. The fourth-order valence-corrected chi connectivity index (χ4v) is 6.17. The van der Waals surface area contributed by atoms with Gasteiger partial charge in [-0.25, -0.2) is 18.2 Å². The third kappa shape index (κ3) is 7.17. The summed E-state index contributed by atoms with van der Waals surface area (Å²) in [6.45, 7) is 5.26. The summed E-state index contributed by atoms with van der Waals surface area (Å²) < 4.78 is 29.6. The summed E-state index contributed by atoms with van der Waals surface area (Å²) >= 11 is 0.760. The second-order valence-corrected chi connectivity index (χ2v) is 11.7. The van der Waals surface area contributed by atoms with E-state index in [-0.39, 0.29) is 21.4 Å². The van der Waals surface area contributed by atoms with Crippen molar-refractivity contribution in [3.8, 4) is 5.75 Å². The molecule has 0 atom stereocenters. The van der Waals surface area contributed by atoms with Crippen molar-refractivity contribution < 1.29 is 27.9 Å². The molecule has 2 aromatic rings. The van der Waals surface area contributed by atoms with Gasteiger partial charge in [-0.3, -0.25) is 10.1 Å². The van der Waals surface area contributed by atoms with Crippen LogP contribution in [0, 0.1) is 5.92 Å². The molecular weight excluding hydrogens is 478 g/mol. The molecule has 186 valence electrons. The smallest absolute Gasteiger partial charge is 0.323 e. The van der Waals surface area contributed by atoms with Crippen LogP contribution in [0.5, 0.6) is 5.75 Å². The molecule has 1 aromatic heterocycles. The Bertz CT molecular complexity index is 1080. The fraction of sp³-hybridized carbons (Fsp3) is 0.522. The maximum absolute atomic E-state index is 13.2. The van der Waals surface area contributed by atoms with E-state index in [0.29, 0.717) is 25.5 Å². The van der Waals surface area contributed by atoms with Gasteiger partial charge in [-0.15, -0.1) is 0 Å². The van der Waals surface area contributed by atoms with Crippen molar-refractivity contribution in [1.82, 2.24) is 9.88 Å². The molecule has 1 aliphatic rings. The van der Waals surface area contributed by atoms with Crippen molar-refractivity contribution >= 4 is 38.3 Å². The van der Waals surface area contributed by atoms with E-state index in [1.54, 1.807) is 0 Å². The van der Waals surface area contributed by atoms with Crippen LogP contribution in [-0.2, 0) is 21.1 Å². The number of hydrogen-bond donors (Lipinski definition) is 2. The predicted molar refractivity (Wildman–Crippen MR) is 130 cm³/mol. The second-order valence-electron chi connectivity index (χ2n) is 8.50. The van der Waals surface area contributed by atoms with Crippen LogP contribution in [0.3, 0.4) is 0 Å². The molecule has 9 nitrogen and oxygen atoms in total. The number of nitrogens with one attached hydrogen (secondary N) is 1. The fourth-order valence-electron chi connectivity index (χ4n) is 4.03. The molecule has 34 heavy (non-hydrogen) atoms. The first-order chi connectivity index (χ1) is 16.2. The number of thiazole rings is 1. The van der Waals surface area contributed by atoms with Gasteiger partial charge >= 0.3 is 12.0 Å². The van der Waals surface area contributed by atoms with Crippen LogP contribution in [-0.4, -0.2) is 60.4 Å². The number of benzene rings is 1. The average Bonchev–Trinajstić information content (AvgIpc) is 3.25. The van der Waals surface area contributed by atoms with E-state index in [9.17, 15) is 18.0 Å². The van der Waals surface area contributed by atoms with Gasteiger partial charge in [0.05, 0.1) is 12.8 Å². The van der Waals surface area contributed by atoms with Crippen LogP contribution in [0.4, 0.5) is 9.93 Å². The summed E-state index contributed by atoms with van der Waals surface area (Å²) in [5.74, 6) is -1.02. The molecule has 3 rings (SSSR count). The lowest BCUT2D eigenvalue weighted by molar-refractivity contribution is -0.134. The Kier molecular flexibility index (Phi) is 8.90. The number of amides is 2. The Labute approximate surface area is 204 Å². The zero-order chi connectivity index (χ0) is 24.7. The minimum Gasteiger partial charge on any atom is -0.494 e. The topological polar surface area (TPSA) is 126 Å². The third-order valence-electron chi connectivity index (χ3n) is 5.88. The molecule has 2 N–H and O–H groups in total. The first-order valence-electron chi connectivity index (χ1n) is 11.4. The summed E-state index contributed by atoms with van der Waals surface area (Å²) in [5, 5.41) is 11.7. The number of rotatable bonds is 10. The van der Waals surface area contributed by atoms with E-state index in [2.05, 4.69) is 17.2 Å². The lowest BCUT2D eigenvalue weighted by atomic mass is 9.86. The summed E-state index contributed by atoms with van der Waals surface area (Å²) in [5.41, 5.74) is 1.08. The molecule has 1 saturated carbocycles. The number of carboxylic acid groups (broad SMARTS) is 1. The number of carbonyl (C=O) groups is 2. The number of aromatic nitrogens is 1. The molecular formula is C23H31N3O6S2. The standard InChI is InChI=1S/C23H31N3O6S2/c1-3-32-19-10-6-17(7-11-19)12-13-26(18-8-4-16(2)5-9-18)23(29)25-22-24-14-21(33-22)34(30,31)15-20(27)28/h6-7,10-11,14,16,18H,3-5,8-9,12-13,15H2,1-2H3,(H,27,28)(H,24,25,29)/t16-,18-.